The van der Waals surface area contributed by atoms with Gasteiger partial charge in [-0.15, -0.1) is 11.3 Å². The van der Waals surface area contributed by atoms with E-state index in [1.54, 1.807) is 19.1 Å². The van der Waals surface area contributed by atoms with E-state index >= 15 is 0 Å². The molecule has 0 aliphatic carbocycles. The van der Waals surface area contributed by atoms with E-state index in [-0.39, 0.29) is 4.90 Å². The molecular formula is C16H16N2O3S2. The molecule has 1 aromatic heterocycles. The molecule has 1 amide bonds. The molecule has 120 valence electrons. The van der Waals surface area contributed by atoms with Crippen LogP contribution in [0.2, 0.25) is 0 Å². The summed E-state index contributed by atoms with van der Waals surface area (Å²) in [6.45, 7) is 5.50. The molecule has 0 radical (unpaired) electrons. The lowest BCUT2D eigenvalue weighted by molar-refractivity contribution is -0.113. The number of hydrogen-bond acceptors (Lipinski definition) is 5. The molecule has 1 N–H and O–H groups in total. The number of carbonyl (C=O) groups is 1. The van der Waals surface area contributed by atoms with E-state index in [0.29, 0.717) is 10.6 Å². The van der Waals surface area contributed by atoms with E-state index in [1.165, 1.54) is 23.5 Å². The zero-order chi connectivity index (χ0) is 17.2. The monoisotopic (exact) mass is 348 g/mol. The molecule has 0 spiro atoms. The third kappa shape index (κ3) is 3.78. The van der Waals surface area contributed by atoms with Gasteiger partial charge in [-0.05, 0) is 38.5 Å². The number of nitrogens with one attached hydrogen (secondary N) is 1. The van der Waals surface area contributed by atoms with Crippen molar-refractivity contribution in [3.8, 4) is 6.07 Å². The fraction of sp³-hybridized carbons (Fsp3) is 0.250. The molecule has 2 aromatic rings. The van der Waals surface area contributed by atoms with E-state index in [4.69, 9.17) is 5.26 Å². The van der Waals surface area contributed by atoms with Gasteiger partial charge >= 0.3 is 0 Å². The smallest absolute Gasteiger partial charge is 0.240 e. The van der Waals surface area contributed by atoms with E-state index in [2.05, 4.69) is 5.32 Å². The Morgan fingerprint density at radius 3 is 2.39 bits per heavy atom. The molecular weight excluding hydrogens is 332 g/mol. The highest BCUT2D eigenvalue weighted by molar-refractivity contribution is 7.92. The second-order valence-electron chi connectivity index (χ2n) is 5.22. The average Bonchev–Trinajstić information content (AvgIpc) is 2.72. The van der Waals surface area contributed by atoms with Crippen LogP contribution in [-0.4, -0.2) is 20.1 Å². The average molecular weight is 348 g/mol. The molecule has 0 unspecified atom stereocenters. The summed E-state index contributed by atoms with van der Waals surface area (Å²) in [5.41, 5.74) is 2.12. The van der Waals surface area contributed by atoms with Gasteiger partial charge in [0.2, 0.25) is 5.91 Å². The Labute approximate surface area is 139 Å². The van der Waals surface area contributed by atoms with Crippen LogP contribution >= 0.6 is 11.3 Å². The highest BCUT2D eigenvalue weighted by Gasteiger charge is 2.21. The first-order valence-electron chi connectivity index (χ1n) is 6.84. The molecule has 0 aliphatic rings. The van der Waals surface area contributed by atoms with Crippen molar-refractivity contribution in [1.29, 1.82) is 5.26 Å². The minimum absolute atomic E-state index is 0.109. The maximum absolute atomic E-state index is 12.2. The Morgan fingerprint density at radius 2 is 1.83 bits per heavy atom. The molecule has 0 saturated heterocycles. The van der Waals surface area contributed by atoms with Gasteiger partial charge in [0.1, 0.15) is 16.8 Å². The predicted octanol–water partition coefficient (Wildman–Crippen LogP) is 2.96. The highest BCUT2D eigenvalue weighted by atomic mass is 32.2. The number of hydrogen-bond donors (Lipinski definition) is 1. The molecule has 0 aliphatic heterocycles. The third-order valence-corrected chi connectivity index (χ3v) is 6.21. The topological polar surface area (TPSA) is 87.0 Å². The van der Waals surface area contributed by atoms with Crippen LogP contribution in [0.1, 0.15) is 21.6 Å². The summed E-state index contributed by atoms with van der Waals surface area (Å²) >= 11 is 1.27. The van der Waals surface area contributed by atoms with Crippen LogP contribution in [0, 0.1) is 32.1 Å². The van der Waals surface area contributed by atoms with Crippen LogP contribution in [0.4, 0.5) is 5.00 Å². The van der Waals surface area contributed by atoms with E-state index in [0.717, 1.165) is 16.0 Å². The summed E-state index contributed by atoms with van der Waals surface area (Å²) in [7, 11) is -3.71. The maximum Gasteiger partial charge on any atom is 0.240 e. The van der Waals surface area contributed by atoms with Crippen molar-refractivity contribution in [2.24, 2.45) is 0 Å². The number of aryl methyl sites for hydroxylation is 2. The van der Waals surface area contributed by atoms with E-state index < -0.39 is 21.5 Å². The largest absolute Gasteiger partial charge is 0.316 e. The van der Waals surface area contributed by atoms with Crippen LogP contribution in [0.25, 0.3) is 0 Å². The number of amides is 1. The van der Waals surface area contributed by atoms with Gasteiger partial charge in [0.25, 0.3) is 0 Å². The standard InChI is InChI=1S/C16H16N2O3S2/c1-10-4-6-13(7-5-10)23(20,21)9-15(19)18-16-14(8-17)11(2)12(3)22-16/h4-7H,9H2,1-3H3,(H,18,19). The second-order valence-corrected chi connectivity index (χ2v) is 8.43. The lowest BCUT2D eigenvalue weighted by Gasteiger charge is -2.06. The zero-order valence-corrected chi connectivity index (χ0v) is 14.6. The first kappa shape index (κ1) is 17.2. The summed E-state index contributed by atoms with van der Waals surface area (Å²) in [6.07, 6.45) is 0. The maximum atomic E-state index is 12.2. The van der Waals surface area contributed by atoms with Gasteiger partial charge in [0.05, 0.1) is 10.5 Å². The van der Waals surface area contributed by atoms with Crippen molar-refractivity contribution < 1.29 is 13.2 Å². The molecule has 23 heavy (non-hydrogen) atoms. The molecule has 5 nitrogen and oxygen atoms in total. The Morgan fingerprint density at radius 1 is 1.22 bits per heavy atom. The minimum Gasteiger partial charge on any atom is -0.316 e. The van der Waals surface area contributed by atoms with Crippen molar-refractivity contribution in [3.63, 3.8) is 0 Å². The number of rotatable bonds is 4. The molecule has 2 rings (SSSR count). The van der Waals surface area contributed by atoms with E-state index in [9.17, 15) is 13.2 Å². The Balaban J connectivity index is 2.18. The van der Waals surface area contributed by atoms with Crippen molar-refractivity contribution in [2.45, 2.75) is 25.7 Å². The van der Waals surface area contributed by atoms with Gasteiger partial charge in [-0.1, -0.05) is 17.7 Å². The van der Waals surface area contributed by atoms with Gasteiger partial charge in [-0.2, -0.15) is 5.26 Å². The van der Waals surface area contributed by atoms with Crippen LogP contribution in [-0.2, 0) is 14.6 Å². The summed E-state index contributed by atoms with van der Waals surface area (Å²) in [6, 6.07) is 8.38. The first-order chi connectivity index (χ1) is 10.7. The highest BCUT2D eigenvalue weighted by Crippen LogP contribution is 2.31. The first-order valence-corrected chi connectivity index (χ1v) is 9.31. The Hall–Kier alpha value is -2.17. The molecule has 1 heterocycles. The lowest BCUT2D eigenvalue weighted by Crippen LogP contribution is -2.23. The Bertz CT molecular complexity index is 889. The SMILES string of the molecule is Cc1ccc(S(=O)(=O)CC(=O)Nc2sc(C)c(C)c2C#N)cc1. The van der Waals surface area contributed by atoms with Crippen LogP contribution < -0.4 is 5.32 Å². The number of benzene rings is 1. The van der Waals surface area contributed by atoms with Crippen LogP contribution in [0.15, 0.2) is 29.2 Å². The molecule has 0 bridgehead atoms. The number of nitriles is 1. The molecule has 1 aromatic carbocycles. The minimum atomic E-state index is -3.71. The van der Waals surface area contributed by atoms with Gasteiger partial charge in [0, 0.05) is 4.88 Å². The summed E-state index contributed by atoms with van der Waals surface area (Å²) in [5.74, 6) is -1.31. The van der Waals surface area contributed by atoms with Crippen molar-refractivity contribution in [1.82, 2.24) is 0 Å². The molecule has 0 fully saturated rings. The normalized spacial score (nSPS) is 11.0. The number of carbonyl (C=O) groups excluding carboxylic acids is 1. The number of thiophene rings is 1. The fourth-order valence-electron chi connectivity index (χ4n) is 2.01. The van der Waals surface area contributed by atoms with Crippen LogP contribution in [0.3, 0.4) is 0 Å². The van der Waals surface area contributed by atoms with Gasteiger partial charge in [-0.3, -0.25) is 4.79 Å². The van der Waals surface area contributed by atoms with Crippen molar-refractivity contribution in [2.75, 3.05) is 11.1 Å². The summed E-state index contributed by atoms with van der Waals surface area (Å²) in [4.78, 5) is 13.1. The second kappa shape index (κ2) is 6.52. The van der Waals surface area contributed by atoms with Crippen molar-refractivity contribution >= 4 is 32.1 Å². The van der Waals surface area contributed by atoms with Crippen LogP contribution in [0.5, 0.6) is 0 Å². The third-order valence-electron chi connectivity index (χ3n) is 3.45. The lowest BCUT2D eigenvalue weighted by atomic mass is 10.2. The van der Waals surface area contributed by atoms with E-state index in [1.807, 2.05) is 19.9 Å². The quantitative estimate of drug-likeness (QED) is 0.920. The molecule has 0 atom stereocenters. The summed E-state index contributed by atoms with van der Waals surface area (Å²) < 4.78 is 24.5. The zero-order valence-electron chi connectivity index (χ0n) is 13.0. The summed E-state index contributed by atoms with van der Waals surface area (Å²) in [5, 5.41) is 12.1. The van der Waals surface area contributed by atoms with Gasteiger partial charge in [0.15, 0.2) is 9.84 Å². The molecule has 0 saturated carbocycles. The fourth-order valence-corrected chi connectivity index (χ4v) is 4.18. The Kier molecular flexibility index (Phi) is 4.88. The number of nitrogens with zero attached hydrogens (tertiary/aromatic N) is 1. The number of anilines is 1. The predicted molar refractivity (Wildman–Crippen MR) is 90.4 cm³/mol. The number of sulfone groups is 1. The molecule has 7 heteroatoms. The van der Waals surface area contributed by atoms with Gasteiger partial charge in [-0.25, -0.2) is 8.42 Å². The van der Waals surface area contributed by atoms with Gasteiger partial charge < -0.3 is 5.32 Å². The van der Waals surface area contributed by atoms with Crippen molar-refractivity contribution in [3.05, 3.63) is 45.8 Å².